The van der Waals surface area contributed by atoms with Crippen molar-refractivity contribution in [2.24, 2.45) is 0 Å². The second-order valence-corrected chi connectivity index (χ2v) is 8.04. The van der Waals surface area contributed by atoms with E-state index in [-0.39, 0.29) is 17.7 Å². The molecule has 1 heterocycles. The van der Waals surface area contributed by atoms with Crippen LogP contribution in [0.2, 0.25) is 0 Å². The minimum atomic E-state index is -0.422. The highest BCUT2D eigenvalue weighted by Gasteiger charge is 2.21. The largest absolute Gasteiger partial charge is 0.325 e. The Morgan fingerprint density at radius 3 is 2.41 bits per heavy atom. The van der Waals surface area contributed by atoms with E-state index in [0.29, 0.717) is 11.3 Å². The Morgan fingerprint density at radius 1 is 1.03 bits per heavy atom. The fourth-order valence-electron chi connectivity index (χ4n) is 3.14. The van der Waals surface area contributed by atoms with Gasteiger partial charge in [-0.2, -0.15) is 0 Å². The SMILES string of the molecule is CCc1ccc([C@@H](N[C@@H](C)C(=O)Nc2cccc(C(C)=O)c2)c2cccs2)cc1. The van der Waals surface area contributed by atoms with E-state index in [4.69, 9.17) is 0 Å². The highest BCUT2D eigenvalue weighted by atomic mass is 32.1. The lowest BCUT2D eigenvalue weighted by Gasteiger charge is -2.23. The number of rotatable bonds is 8. The zero-order valence-electron chi connectivity index (χ0n) is 16.9. The minimum Gasteiger partial charge on any atom is -0.325 e. The number of carbonyl (C=O) groups is 2. The van der Waals surface area contributed by atoms with Gasteiger partial charge in [-0.3, -0.25) is 14.9 Å². The van der Waals surface area contributed by atoms with Gasteiger partial charge in [-0.05, 0) is 55.0 Å². The van der Waals surface area contributed by atoms with Crippen molar-refractivity contribution in [2.75, 3.05) is 5.32 Å². The van der Waals surface area contributed by atoms with Crippen LogP contribution in [0.15, 0.2) is 66.0 Å². The Labute approximate surface area is 176 Å². The molecule has 1 aromatic heterocycles. The van der Waals surface area contributed by atoms with Crippen LogP contribution in [0.5, 0.6) is 0 Å². The van der Waals surface area contributed by atoms with Crippen molar-refractivity contribution in [3.8, 4) is 0 Å². The van der Waals surface area contributed by atoms with Crippen molar-refractivity contribution in [3.05, 3.63) is 87.6 Å². The Bertz CT molecular complexity index is 965. The van der Waals surface area contributed by atoms with Gasteiger partial charge in [-0.15, -0.1) is 11.3 Å². The number of benzene rings is 2. The highest BCUT2D eigenvalue weighted by Crippen LogP contribution is 2.27. The molecule has 150 valence electrons. The first-order valence-electron chi connectivity index (χ1n) is 9.78. The molecule has 0 saturated heterocycles. The van der Waals surface area contributed by atoms with Gasteiger partial charge in [0.1, 0.15) is 0 Å². The Kier molecular flexibility index (Phi) is 6.96. The molecule has 0 saturated carbocycles. The summed E-state index contributed by atoms with van der Waals surface area (Å²) in [4.78, 5) is 25.5. The number of carbonyl (C=O) groups excluding carboxylic acids is 2. The maximum atomic E-state index is 12.8. The molecule has 3 rings (SSSR count). The first-order valence-corrected chi connectivity index (χ1v) is 10.7. The van der Waals surface area contributed by atoms with Crippen LogP contribution in [0.1, 0.15) is 53.2 Å². The lowest BCUT2D eigenvalue weighted by atomic mass is 10.0. The summed E-state index contributed by atoms with van der Waals surface area (Å²) in [7, 11) is 0. The van der Waals surface area contributed by atoms with Crippen LogP contribution >= 0.6 is 11.3 Å². The van der Waals surface area contributed by atoms with Gasteiger partial charge in [0, 0.05) is 16.1 Å². The number of anilines is 1. The van der Waals surface area contributed by atoms with Crippen LogP contribution in [0.4, 0.5) is 5.69 Å². The van der Waals surface area contributed by atoms with E-state index < -0.39 is 6.04 Å². The normalized spacial score (nSPS) is 12.9. The van der Waals surface area contributed by atoms with Crippen LogP contribution < -0.4 is 10.6 Å². The second-order valence-electron chi connectivity index (χ2n) is 7.06. The van der Waals surface area contributed by atoms with E-state index in [0.717, 1.165) is 16.9 Å². The third-order valence-electron chi connectivity index (χ3n) is 4.90. The summed E-state index contributed by atoms with van der Waals surface area (Å²) in [5.74, 6) is -0.169. The lowest BCUT2D eigenvalue weighted by Crippen LogP contribution is -2.40. The summed E-state index contributed by atoms with van der Waals surface area (Å²) in [6, 6.07) is 19.1. The van der Waals surface area contributed by atoms with E-state index in [2.05, 4.69) is 47.9 Å². The number of amides is 1. The first kappa shape index (κ1) is 21.0. The van der Waals surface area contributed by atoms with E-state index >= 15 is 0 Å². The van der Waals surface area contributed by atoms with Crippen molar-refractivity contribution in [1.29, 1.82) is 0 Å². The number of nitrogens with one attached hydrogen (secondary N) is 2. The molecule has 0 unspecified atom stereocenters. The Morgan fingerprint density at radius 2 is 1.79 bits per heavy atom. The molecule has 29 heavy (non-hydrogen) atoms. The van der Waals surface area contributed by atoms with Crippen LogP contribution in [-0.4, -0.2) is 17.7 Å². The van der Waals surface area contributed by atoms with Crippen LogP contribution in [0.25, 0.3) is 0 Å². The van der Waals surface area contributed by atoms with Crippen molar-refractivity contribution in [1.82, 2.24) is 5.32 Å². The number of aryl methyl sites for hydroxylation is 1. The summed E-state index contributed by atoms with van der Waals surface area (Å²) in [5.41, 5.74) is 3.62. The maximum Gasteiger partial charge on any atom is 0.241 e. The molecular weight excluding hydrogens is 380 g/mol. The van der Waals surface area contributed by atoms with Crippen molar-refractivity contribution in [3.63, 3.8) is 0 Å². The molecule has 2 atom stereocenters. The van der Waals surface area contributed by atoms with Crippen molar-refractivity contribution in [2.45, 2.75) is 39.3 Å². The average Bonchev–Trinajstić information content (AvgIpc) is 3.26. The number of Topliss-reactive ketones (excluding diaryl/α,β-unsaturated/α-hetero) is 1. The van der Waals surface area contributed by atoms with Crippen molar-refractivity contribution < 1.29 is 9.59 Å². The number of hydrogen-bond acceptors (Lipinski definition) is 4. The average molecular weight is 407 g/mol. The lowest BCUT2D eigenvalue weighted by molar-refractivity contribution is -0.117. The third kappa shape index (κ3) is 5.40. The van der Waals surface area contributed by atoms with Gasteiger partial charge >= 0.3 is 0 Å². The molecule has 0 aliphatic carbocycles. The standard InChI is InChI=1S/C24H26N2O2S/c1-4-18-10-12-19(13-11-18)23(22-9-6-14-29-22)25-16(2)24(28)26-21-8-5-7-20(15-21)17(3)27/h5-16,23,25H,4H2,1-3H3,(H,26,28)/t16-,23+/m0/s1. The predicted molar refractivity (Wildman–Crippen MR) is 120 cm³/mol. The van der Waals surface area contributed by atoms with Crippen LogP contribution in [-0.2, 0) is 11.2 Å². The van der Waals surface area contributed by atoms with Gasteiger partial charge in [0.2, 0.25) is 5.91 Å². The molecule has 2 N–H and O–H groups in total. The Balaban J connectivity index is 1.75. The van der Waals surface area contributed by atoms with Gasteiger partial charge in [0.05, 0.1) is 12.1 Å². The summed E-state index contributed by atoms with van der Waals surface area (Å²) >= 11 is 1.67. The van der Waals surface area contributed by atoms with Gasteiger partial charge in [0.25, 0.3) is 0 Å². The zero-order valence-corrected chi connectivity index (χ0v) is 17.8. The zero-order chi connectivity index (χ0) is 20.8. The maximum absolute atomic E-state index is 12.8. The van der Waals surface area contributed by atoms with Gasteiger partial charge in [-0.1, -0.05) is 49.4 Å². The fraction of sp³-hybridized carbons (Fsp3) is 0.250. The minimum absolute atomic E-state index is 0.0273. The molecule has 0 spiro atoms. The first-order chi connectivity index (χ1) is 14.0. The Hall–Kier alpha value is -2.76. The number of ketones is 1. The monoisotopic (exact) mass is 406 g/mol. The fourth-order valence-corrected chi connectivity index (χ4v) is 3.95. The van der Waals surface area contributed by atoms with Crippen LogP contribution in [0, 0.1) is 0 Å². The quantitative estimate of drug-likeness (QED) is 0.504. The molecule has 0 bridgehead atoms. The summed E-state index contributed by atoms with van der Waals surface area (Å²) in [6.07, 6.45) is 0.996. The molecule has 1 amide bonds. The summed E-state index contributed by atoms with van der Waals surface area (Å²) in [5, 5.41) is 8.41. The summed E-state index contributed by atoms with van der Waals surface area (Å²) in [6.45, 7) is 5.50. The van der Waals surface area contributed by atoms with Crippen molar-refractivity contribution >= 4 is 28.7 Å². The molecule has 0 fully saturated rings. The predicted octanol–water partition coefficient (Wildman–Crippen LogP) is 5.22. The van der Waals surface area contributed by atoms with E-state index in [1.807, 2.05) is 18.4 Å². The molecule has 2 aromatic carbocycles. The highest BCUT2D eigenvalue weighted by molar-refractivity contribution is 7.10. The van der Waals surface area contributed by atoms with Gasteiger partial charge in [0.15, 0.2) is 5.78 Å². The molecule has 5 heteroatoms. The molecule has 3 aromatic rings. The molecule has 4 nitrogen and oxygen atoms in total. The smallest absolute Gasteiger partial charge is 0.241 e. The molecule has 0 aliphatic heterocycles. The molecule has 0 aliphatic rings. The molecule has 0 radical (unpaired) electrons. The third-order valence-corrected chi connectivity index (χ3v) is 5.83. The molecular formula is C24H26N2O2S. The second kappa shape index (κ2) is 9.63. The van der Waals surface area contributed by atoms with Gasteiger partial charge in [-0.25, -0.2) is 0 Å². The van der Waals surface area contributed by atoms with E-state index in [1.54, 1.807) is 35.6 Å². The summed E-state index contributed by atoms with van der Waals surface area (Å²) < 4.78 is 0. The number of hydrogen-bond donors (Lipinski definition) is 2. The van der Waals surface area contributed by atoms with Crippen LogP contribution in [0.3, 0.4) is 0 Å². The topological polar surface area (TPSA) is 58.2 Å². The van der Waals surface area contributed by atoms with E-state index in [1.165, 1.54) is 12.5 Å². The van der Waals surface area contributed by atoms with Gasteiger partial charge < -0.3 is 5.32 Å². The number of thiophene rings is 1. The van der Waals surface area contributed by atoms with E-state index in [9.17, 15) is 9.59 Å².